The Bertz CT molecular complexity index is 382. The summed E-state index contributed by atoms with van der Waals surface area (Å²) in [6.07, 6.45) is 4.08. The van der Waals surface area contributed by atoms with Gasteiger partial charge in [-0.25, -0.2) is 0 Å². The Morgan fingerprint density at radius 3 is 2.57 bits per heavy atom. The average molecular weight is 288 g/mol. The van der Waals surface area contributed by atoms with Crippen LogP contribution in [0.5, 0.6) is 0 Å². The van der Waals surface area contributed by atoms with Crippen LogP contribution < -0.4 is 5.32 Å². The molecule has 1 fully saturated rings. The molecule has 1 saturated heterocycles. The zero-order valence-electron chi connectivity index (χ0n) is 14.0. The van der Waals surface area contributed by atoms with Gasteiger partial charge < -0.3 is 5.32 Å². The summed E-state index contributed by atoms with van der Waals surface area (Å²) in [5, 5.41) is 3.55. The SMILES string of the molecule is CC(CCN(Cc1ccccc1)C(C)C)C1CCCNC1. The van der Waals surface area contributed by atoms with Crippen molar-refractivity contribution in [2.75, 3.05) is 19.6 Å². The van der Waals surface area contributed by atoms with E-state index in [-0.39, 0.29) is 0 Å². The molecular formula is C19H32N2. The van der Waals surface area contributed by atoms with E-state index in [0.29, 0.717) is 6.04 Å². The van der Waals surface area contributed by atoms with Gasteiger partial charge in [0.15, 0.2) is 0 Å². The molecule has 1 aliphatic rings. The summed E-state index contributed by atoms with van der Waals surface area (Å²) in [4.78, 5) is 2.61. The number of benzene rings is 1. The molecule has 2 unspecified atom stereocenters. The molecular weight excluding hydrogens is 256 g/mol. The van der Waals surface area contributed by atoms with E-state index in [9.17, 15) is 0 Å². The topological polar surface area (TPSA) is 15.3 Å². The van der Waals surface area contributed by atoms with Crippen LogP contribution in [0.4, 0.5) is 0 Å². The molecule has 2 rings (SSSR count). The largest absolute Gasteiger partial charge is 0.316 e. The summed E-state index contributed by atoms with van der Waals surface area (Å²) in [6, 6.07) is 11.5. The minimum Gasteiger partial charge on any atom is -0.316 e. The lowest BCUT2D eigenvalue weighted by Gasteiger charge is -2.32. The second kappa shape index (κ2) is 8.55. The molecule has 118 valence electrons. The van der Waals surface area contributed by atoms with E-state index in [2.05, 4.69) is 61.3 Å². The molecule has 0 saturated carbocycles. The van der Waals surface area contributed by atoms with E-state index in [4.69, 9.17) is 0 Å². The highest BCUT2D eigenvalue weighted by atomic mass is 15.1. The van der Waals surface area contributed by atoms with Gasteiger partial charge in [0.2, 0.25) is 0 Å². The fourth-order valence-corrected chi connectivity index (χ4v) is 3.31. The third-order valence-corrected chi connectivity index (χ3v) is 4.97. The van der Waals surface area contributed by atoms with E-state index >= 15 is 0 Å². The quantitative estimate of drug-likeness (QED) is 0.818. The van der Waals surface area contributed by atoms with Crippen LogP contribution in [-0.4, -0.2) is 30.6 Å². The number of nitrogens with zero attached hydrogens (tertiary/aromatic N) is 1. The van der Waals surface area contributed by atoms with Gasteiger partial charge in [0.1, 0.15) is 0 Å². The summed E-state index contributed by atoms with van der Waals surface area (Å²) in [6.45, 7) is 11.8. The summed E-state index contributed by atoms with van der Waals surface area (Å²) in [7, 11) is 0. The normalized spacial score (nSPS) is 20.9. The Morgan fingerprint density at radius 1 is 1.19 bits per heavy atom. The first-order chi connectivity index (χ1) is 10.2. The lowest BCUT2D eigenvalue weighted by molar-refractivity contribution is 0.177. The monoisotopic (exact) mass is 288 g/mol. The molecule has 1 aromatic carbocycles. The number of hydrogen-bond donors (Lipinski definition) is 1. The van der Waals surface area contributed by atoms with Gasteiger partial charge in [0.05, 0.1) is 0 Å². The second-order valence-electron chi connectivity index (χ2n) is 6.92. The highest BCUT2D eigenvalue weighted by Crippen LogP contribution is 2.23. The fraction of sp³-hybridized carbons (Fsp3) is 0.684. The zero-order valence-corrected chi connectivity index (χ0v) is 14.0. The number of piperidine rings is 1. The minimum atomic E-state index is 0.613. The van der Waals surface area contributed by atoms with E-state index in [0.717, 1.165) is 18.4 Å². The fourth-order valence-electron chi connectivity index (χ4n) is 3.31. The zero-order chi connectivity index (χ0) is 15.1. The predicted molar refractivity (Wildman–Crippen MR) is 91.4 cm³/mol. The number of hydrogen-bond acceptors (Lipinski definition) is 2. The maximum absolute atomic E-state index is 3.55. The van der Waals surface area contributed by atoms with Crippen molar-refractivity contribution < 1.29 is 0 Å². The Kier molecular flexibility index (Phi) is 6.72. The van der Waals surface area contributed by atoms with Gasteiger partial charge in [-0.3, -0.25) is 4.90 Å². The average Bonchev–Trinajstić information content (AvgIpc) is 2.52. The molecule has 0 aliphatic carbocycles. The van der Waals surface area contributed by atoms with E-state index in [1.54, 1.807) is 0 Å². The van der Waals surface area contributed by atoms with Crippen LogP contribution in [0.3, 0.4) is 0 Å². The first-order valence-corrected chi connectivity index (χ1v) is 8.65. The van der Waals surface area contributed by atoms with Crippen molar-refractivity contribution >= 4 is 0 Å². The molecule has 0 spiro atoms. The molecule has 1 heterocycles. The van der Waals surface area contributed by atoms with Crippen molar-refractivity contribution in [3.63, 3.8) is 0 Å². The number of rotatable bonds is 7. The molecule has 1 aromatic rings. The number of nitrogens with one attached hydrogen (secondary N) is 1. The van der Waals surface area contributed by atoms with Gasteiger partial charge in [-0.2, -0.15) is 0 Å². The summed E-state index contributed by atoms with van der Waals surface area (Å²) in [5.41, 5.74) is 1.43. The molecule has 0 aromatic heterocycles. The van der Waals surface area contributed by atoms with Crippen LogP contribution in [0.1, 0.15) is 45.6 Å². The summed E-state index contributed by atoms with van der Waals surface area (Å²) < 4.78 is 0. The third-order valence-electron chi connectivity index (χ3n) is 4.97. The third kappa shape index (κ3) is 5.44. The van der Waals surface area contributed by atoms with Crippen LogP contribution in [0.15, 0.2) is 30.3 Å². The summed E-state index contributed by atoms with van der Waals surface area (Å²) in [5.74, 6) is 1.71. The standard InChI is InChI=1S/C19H32N2/c1-16(2)21(15-18-8-5-4-6-9-18)13-11-17(3)19-10-7-12-20-14-19/h4-6,8-9,16-17,19-20H,7,10-15H2,1-3H3. The van der Waals surface area contributed by atoms with Gasteiger partial charge in [0.25, 0.3) is 0 Å². The lowest BCUT2D eigenvalue weighted by Crippen LogP contribution is -2.36. The van der Waals surface area contributed by atoms with Crippen molar-refractivity contribution in [2.24, 2.45) is 11.8 Å². The van der Waals surface area contributed by atoms with Crippen LogP contribution >= 0.6 is 0 Å². The Balaban J connectivity index is 1.82. The van der Waals surface area contributed by atoms with Crippen LogP contribution in [0.2, 0.25) is 0 Å². The van der Waals surface area contributed by atoms with Gasteiger partial charge in [-0.15, -0.1) is 0 Å². The lowest BCUT2D eigenvalue weighted by atomic mass is 9.85. The highest BCUT2D eigenvalue weighted by Gasteiger charge is 2.21. The van der Waals surface area contributed by atoms with Crippen molar-refractivity contribution in [3.05, 3.63) is 35.9 Å². The van der Waals surface area contributed by atoms with E-state index < -0.39 is 0 Å². The van der Waals surface area contributed by atoms with Gasteiger partial charge in [-0.1, -0.05) is 37.3 Å². The first-order valence-electron chi connectivity index (χ1n) is 8.65. The van der Waals surface area contributed by atoms with Crippen LogP contribution in [-0.2, 0) is 6.54 Å². The molecule has 0 amide bonds. The molecule has 2 atom stereocenters. The van der Waals surface area contributed by atoms with Crippen molar-refractivity contribution in [1.82, 2.24) is 10.2 Å². The first kappa shape index (κ1) is 16.5. The minimum absolute atomic E-state index is 0.613. The molecule has 1 N–H and O–H groups in total. The Hall–Kier alpha value is -0.860. The van der Waals surface area contributed by atoms with Crippen molar-refractivity contribution in [2.45, 2.75) is 52.6 Å². The molecule has 0 radical (unpaired) electrons. The van der Waals surface area contributed by atoms with Gasteiger partial charge >= 0.3 is 0 Å². The second-order valence-corrected chi connectivity index (χ2v) is 6.92. The van der Waals surface area contributed by atoms with E-state index in [1.165, 1.54) is 44.5 Å². The van der Waals surface area contributed by atoms with Crippen molar-refractivity contribution in [1.29, 1.82) is 0 Å². The Morgan fingerprint density at radius 2 is 1.95 bits per heavy atom. The Labute approximate surface area is 130 Å². The van der Waals surface area contributed by atoms with Gasteiger partial charge in [0, 0.05) is 12.6 Å². The highest BCUT2D eigenvalue weighted by molar-refractivity contribution is 5.14. The van der Waals surface area contributed by atoms with E-state index in [1.807, 2.05) is 0 Å². The molecule has 2 nitrogen and oxygen atoms in total. The predicted octanol–water partition coefficient (Wildman–Crippen LogP) is 3.92. The van der Waals surface area contributed by atoms with Crippen LogP contribution in [0.25, 0.3) is 0 Å². The van der Waals surface area contributed by atoms with Gasteiger partial charge in [-0.05, 0) is 70.1 Å². The maximum Gasteiger partial charge on any atom is 0.0236 e. The van der Waals surface area contributed by atoms with Crippen molar-refractivity contribution in [3.8, 4) is 0 Å². The molecule has 0 bridgehead atoms. The smallest absolute Gasteiger partial charge is 0.0236 e. The molecule has 21 heavy (non-hydrogen) atoms. The molecule has 2 heteroatoms. The maximum atomic E-state index is 3.55. The summed E-state index contributed by atoms with van der Waals surface area (Å²) >= 11 is 0. The van der Waals surface area contributed by atoms with Crippen LogP contribution in [0, 0.1) is 11.8 Å². The molecule has 1 aliphatic heterocycles.